The molecular weight excluding hydrogens is 383 g/mol. The number of ether oxygens (including phenoxy) is 1. The number of aromatic amines is 1. The SMILES string of the molecule is O=c1cc(Nc2ccccc2C(F)(F)F)nc(COc2ccccc2Cl)[nH]1. The minimum atomic E-state index is -4.54. The summed E-state index contributed by atoms with van der Waals surface area (Å²) >= 11 is 5.98. The van der Waals surface area contributed by atoms with E-state index in [1.54, 1.807) is 24.3 Å². The van der Waals surface area contributed by atoms with Gasteiger partial charge in [-0.1, -0.05) is 35.9 Å². The van der Waals surface area contributed by atoms with Gasteiger partial charge in [-0.25, -0.2) is 4.98 Å². The van der Waals surface area contributed by atoms with Crippen LogP contribution in [0.3, 0.4) is 0 Å². The van der Waals surface area contributed by atoms with Gasteiger partial charge >= 0.3 is 6.18 Å². The van der Waals surface area contributed by atoms with Gasteiger partial charge in [0.1, 0.15) is 24.0 Å². The second kappa shape index (κ2) is 7.71. The highest BCUT2D eigenvalue weighted by atomic mass is 35.5. The van der Waals surface area contributed by atoms with Gasteiger partial charge < -0.3 is 15.0 Å². The molecule has 0 bridgehead atoms. The molecule has 3 aromatic rings. The van der Waals surface area contributed by atoms with Crippen molar-refractivity contribution >= 4 is 23.1 Å². The van der Waals surface area contributed by atoms with Crippen molar-refractivity contribution in [2.24, 2.45) is 0 Å². The molecule has 2 aromatic carbocycles. The Labute approximate surface area is 156 Å². The number of hydrogen-bond acceptors (Lipinski definition) is 4. The van der Waals surface area contributed by atoms with Crippen LogP contribution >= 0.6 is 11.6 Å². The quantitative estimate of drug-likeness (QED) is 0.653. The Hall–Kier alpha value is -3.00. The third kappa shape index (κ3) is 4.79. The molecule has 3 rings (SSSR count). The third-order valence-electron chi connectivity index (χ3n) is 3.49. The number of aromatic nitrogens is 2. The van der Waals surface area contributed by atoms with Crippen molar-refractivity contribution in [3.05, 3.63) is 81.4 Å². The number of rotatable bonds is 5. The first-order valence-electron chi connectivity index (χ1n) is 7.74. The second-order valence-electron chi connectivity index (χ2n) is 5.46. The van der Waals surface area contributed by atoms with Crippen molar-refractivity contribution in [2.75, 3.05) is 5.32 Å². The summed E-state index contributed by atoms with van der Waals surface area (Å²) in [5, 5.41) is 2.92. The van der Waals surface area contributed by atoms with Crippen LogP contribution in [0.5, 0.6) is 5.75 Å². The van der Waals surface area contributed by atoms with Crippen LogP contribution in [0, 0.1) is 0 Å². The third-order valence-corrected chi connectivity index (χ3v) is 3.80. The highest BCUT2D eigenvalue weighted by molar-refractivity contribution is 6.32. The molecule has 0 radical (unpaired) electrons. The molecule has 0 atom stereocenters. The number of alkyl halides is 3. The lowest BCUT2D eigenvalue weighted by atomic mass is 10.1. The van der Waals surface area contributed by atoms with Crippen LogP contribution in [0.1, 0.15) is 11.4 Å². The summed E-state index contributed by atoms with van der Waals surface area (Å²) in [6.07, 6.45) is -4.54. The highest BCUT2D eigenvalue weighted by Gasteiger charge is 2.33. The van der Waals surface area contributed by atoms with Crippen molar-refractivity contribution < 1.29 is 17.9 Å². The van der Waals surface area contributed by atoms with Gasteiger partial charge in [-0.3, -0.25) is 4.79 Å². The first-order valence-corrected chi connectivity index (χ1v) is 8.11. The zero-order chi connectivity index (χ0) is 19.4. The van der Waals surface area contributed by atoms with E-state index in [0.29, 0.717) is 10.8 Å². The summed E-state index contributed by atoms with van der Waals surface area (Å²) in [6.45, 7) is -0.116. The van der Waals surface area contributed by atoms with Crippen LogP contribution in [-0.4, -0.2) is 9.97 Å². The maximum atomic E-state index is 13.1. The van der Waals surface area contributed by atoms with Crippen LogP contribution in [0.25, 0.3) is 0 Å². The molecule has 0 spiro atoms. The first-order chi connectivity index (χ1) is 12.8. The molecular formula is C18H13ClF3N3O2. The average molecular weight is 396 g/mol. The minimum absolute atomic E-state index is 0.0341. The normalized spacial score (nSPS) is 11.3. The summed E-state index contributed by atoms with van der Waals surface area (Å²) in [4.78, 5) is 18.4. The summed E-state index contributed by atoms with van der Waals surface area (Å²) in [6, 6.07) is 12.7. The van der Waals surface area contributed by atoms with E-state index < -0.39 is 17.3 Å². The van der Waals surface area contributed by atoms with E-state index in [2.05, 4.69) is 15.3 Å². The molecule has 0 aliphatic rings. The van der Waals surface area contributed by atoms with Crippen LogP contribution in [-0.2, 0) is 12.8 Å². The predicted octanol–water partition coefficient (Wildman–Crippen LogP) is 4.76. The monoisotopic (exact) mass is 395 g/mol. The van der Waals surface area contributed by atoms with Gasteiger partial charge in [0.15, 0.2) is 0 Å². The van der Waals surface area contributed by atoms with Crippen LogP contribution < -0.4 is 15.6 Å². The molecule has 1 aromatic heterocycles. The van der Waals surface area contributed by atoms with Crippen molar-refractivity contribution in [3.8, 4) is 5.75 Å². The van der Waals surface area contributed by atoms with Gasteiger partial charge in [-0.05, 0) is 24.3 Å². The fourth-order valence-corrected chi connectivity index (χ4v) is 2.52. The number of halogens is 4. The lowest BCUT2D eigenvalue weighted by Crippen LogP contribution is -2.15. The van der Waals surface area contributed by atoms with Crippen LogP contribution in [0.4, 0.5) is 24.7 Å². The van der Waals surface area contributed by atoms with Crippen molar-refractivity contribution in [2.45, 2.75) is 12.8 Å². The van der Waals surface area contributed by atoms with E-state index >= 15 is 0 Å². The Bertz CT molecular complexity index is 1010. The summed E-state index contributed by atoms with van der Waals surface area (Å²) in [5.74, 6) is 0.491. The maximum absolute atomic E-state index is 13.1. The predicted molar refractivity (Wildman–Crippen MR) is 95.4 cm³/mol. The van der Waals surface area contributed by atoms with E-state index in [0.717, 1.165) is 12.1 Å². The topological polar surface area (TPSA) is 67.0 Å². The number of nitrogens with zero attached hydrogens (tertiary/aromatic N) is 1. The lowest BCUT2D eigenvalue weighted by molar-refractivity contribution is -0.136. The van der Waals surface area contributed by atoms with Gasteiger partial charge in [0.2, 0.25) is 0 Å². The first kappa shape index (κ1) is 18.8. The Kier molecular flexibility index (Phi) is 5.36. The molecule has 0 aliphatic heterocycles. The zero-order valence-electron chi connectivity index (χ0n) is 13.7. The van der Waals surface area contributed by atoms with Crippen molar-refractivity contribution in [3.63, 3.8) is 0 Å². The highest BCUT2D eigenvalue weighted by Crippen LogP contribution is 2.35. The summed E-state index contributed by atoms with van der Waals surface area (Å²) < 4.78 is 44.8. The number of hydrogen-bond donors (Lipinski definition) is 2. The number of anilines is 2. The Morgan fingerprint density at radius 2 is 1.81 bits per heavy atom. The molecule has 140 valence electrons. The second-order valence-corrected chi connectivity index (χ2v) is 5.87. The number of H-pyrrole nitrogens is 1. The summed E-state index contributed by atoms with van der Waals surface area (Å²) in [7, 11) is 0. The van der Waals surface area contributed by atoms with E-state index in [-0.39, 0.29) is 23.9 Å². The molecule has 27 heavy (non-hydrogen) atoms. The van der Waals surface area contributed by atoms with Gasteiger partial charge in [-0.15, -0.1) is 0 Å². The largest absolute Gasteiger partial charge is 0.484 e. The molecule has 0 unspecified atom stereocenters. The van der Waals surface area contributed by atoms with Crippen molar-refractivity contribution in [1.82, 2.24) is 9.97 Å². The van der Waals surface area contributed by atoms with Gasteiger partial charge in [-0.2, -0.15) is 13.2 Å². The average Bonchev–Trinajstić information content (AvgIpc) is 2.60. The van der Waals surface area contributed by atoms with E-state index in [1.165, 1.54) is 18.2 Å². The molecule has 1 heterocycles. The van der Waals surface area contributed by atoms with E-state index in [1.807, 2.05) is 0 Å². The summed E-state index contributed by atoms with van der Waals surface area (Å²) in [5.41, 5.74) is -1.60. The molecule has 0 aliphatic carbocycles. The molecule has 0 saturated heterocycles. The fourth-order valence-electron chi connectivity index (χ4n) is 2.33. The smallest absolute Gasteiger partial charge is 0.418 e. The van der Waals surface area contributed by atoms with Crippen LogP contribution in [0.15, 0.2) is 59.4 Å². The van der Waals surface area contributed by atoms with Gasteiger partial charge in [0, 0.05) is 6.07 Å². The molecule has 0 amide bonds. The molecule has 2 N–H and O–H groups in total. The number of nitrogens with one attached hydrogen (secondary N) is 2. The van der Waals surface area contributed by atoms with Crippen LogP contribution in [0.2, 0.25) is 5.02 Å². The maximum Gasteiger partial charge on any atom is 0.418 e. The molecule has 0 fully saturated rings. The molecule has 0 saturated carbocycles. The molecule has 5 nitrogen and oxygen atoms in total. The van der Waals surface area contributed by atoms with Gasteiger partial charge in [0.05, 0.1) is 16.3 Å². The lowest BCUT2D eigenvalue weighted by Gasteiger charge is -2.14. The standard InChI is InChI=1S/C18H13ClF3N3O2/c19-12-6-2-4-8-14(12)27-10-16-24-15(9-17(26)25-16)23-13-7-3-1-5-11(13)18(20,21)22/h1-9H,10H2,(H2,23,24,25,26). The van der Waals surface area contributed by atoms with Crippen molar-refractivity contribution in [1.29, 1.82) is 0 Å². The Morgan fingerprint density at radius 3 is 2.56 bits per heavy atom. The van der Waals surface area contributed by atoms with E-state index in [4.69, 9.17) is 16.3 Å². The number of benzene rings is 2. The zero-order valence-corrected chi connectivity index (χ0v) is 14.4. The number of para-hydroxylation sites is 2. The van der Waals surface area contributed by atoms with E-state index in [9.17, 15) is 18.0 Å². The Morgan fingerprint density at radius 1 is 1.11 bits per heavy atom. The molecule has 9 heteroatoms. The Balaban J connectivity index is 1.83. The minimum Gasteiger partial charge on any atom is -0.484 e. The fraction of sp³-hybridized carbons (Fsp3) is 0.111. The van der Waals surface area contributed by atoms with Gasteiger partial charge in [0.25, 0.3) is 5.56 Å².